The number of methoxy groups -OCH3 is 1. The average Bonchev–Trinajstić information content (AvgIpc) is 2.95. The van der Waals surface area contributed by atoms with Crippen LogP contribution in [0.25, 0.3) is 0 Å². The van der Waals surface area contributed by atoms with Crippen LogP contribution in [0.2, 0.25) is 0 Å². The lowest BCUT2D eigenvalue weighted by atomic mass is 10.0. The highest BCUT2D eigenvalue weighted by atomic mass is 16.6. The normalized spacial score (nSPS) is 24.4. The van der Waals surface area contributed by atoms with Crippen LogP contribution in [-0.2, 0) is 11.2 Å². The molecule has 0 spiro atoms. The van der Waals surface area contributed by atoms with Gasteiger partial charge in [-0.15, -0.1) is 0 Å². The summed E-state index contributed by atoms with van der Waals surface area (Å²) in [7, 11) is 3.28. The monoisotopic (exact) mass is 336 g/mol. The van der Waals surface area contributed by atoms with E-state index in [1.807, 2.05) is 31.2 Å². The Morgan fingerprint density at radius 3 is 2.71 bits per heavy atom. The Morgan fingerprint density at radius 2 is 2.08 bits per heavy atom. The molecule has 1 aromatic rings. The molecule has 1 fully saturated rings. The van der Waals surface area contributed by atoms with Gasteiger partial charge in [-0.3, -0.25) is 14.9 Å². The molecule has 1 aliphatic rings. The van der Waals surface area contributed by atoms with Crippen LogP contribution < -0.4 is 15.6 Å². The fourth-order valence-electron chi connectivity index (χ4n) is 2.96. The number of hydrogen-bond donors (Lipinski definition) is 2. The van der Waals surface area contributed by atoms with Crippen molar-refractivity contribution in [1.29, 1.82) is 0 Å². The summed E-state index contributed by atoms with van der Waals surface area (Å²) >= 11 is 0. The van der Waals surface area contributed by atoms with Crippen LogP contribution in [0.5, 0.6) is 5.75 Å². The number of nitrogens with one attached hydrogen (secondary N) is 2. The van der Waals surface area contributed by atoms with E-state index in [1.54, 1.807) is 26.0 Å². The smallest absolute Gasteiger partial charge is 0.254 e. The lowest BCUT2D eigenvalue weighted by Crippen LogP contribution is -2.52. The van der Waals surface area contributed by atoms with Crippen molar-refractivity contribution in [2.24, 2.45) is 0 Å². The second-order valence-electron chi connectivity index (χ2n) is 6.15. The van der Waals surface area contributed by atoms with Gasteiger partial charge in [0.1, 0.15) is 5.75 Å². The molecular weight excluding hydrogens is 312 g/mol. The van der Waals surface area contributed by atoms with Crippen LogP contribution >= 0.6 is 0 Å². The van der Waals surface area contributed by atoms with Gasteiger partial charge in [-0.05, 0) is 31.9 Å². The Hall–Kier alpha value is -2.19. The number of benzene rings is 1. The Bertz CT molecular complexity index is 609. The maximum absolute atomic E-state index is 12.7. The van der Waals surface area contributed by atoms with Crippen LogP contribution in [0, 0.1) is 10.1 Å². The summed E-state index contributed by atoms with van der Waals surface area (Å²) in [6.07, 6.45) is 0.602. The molecule has 1 heterocycles. The number of hydrazine groups is 1. The van der Waals surface area contributed by atoms with Crippen molar-refractivity contribution in [2.75, 3.05) is 14.2 Å². The summed E-state index contributed by atoms with van der Waals surface area (Å²) < 4.78 is 5.33. The minimum absolute atomic E-state index is 0.126. The third kappa shape index (κ3) is 3.65. The number of carbonyl (C=O) groups is 1. The molecular formula is C16H24N4O4. The molecule has 1 aromatic carbocycles. The van der Waals surface area contributed by atoms with E-state index in [0.29, 0.717) is 6.42 Å². The third-order valence-corrected chi connectivity index (χ3v) is 4.55. The fourth-order valence-corrected chi connectivity index (χ4v) is 2.96. The zero-order valence-corrected chi connectivity index (χ0v) is 14.4. The molecule has 8 nitrogen and oxygen atoms in total. The van der Waals surface area contributed by atoms with Crippen LogP contribution in [0.1, 0.15) is 19.4 Å². The Kier molecular flexibility index (Phi) is 5.74. The number of nitrogens with zero attached hydrogens (tertiary/aromatic N) is 2. The Morgan fingerprint density at radius 1 is 1.42 bits per heavy atom. The van der Waals surface area contributed by atoms with Gasteiger partial charge in [0.2, 0.25) is 5.91 Å². The topological polar surface area (TPSA) is 96.7 Å². The van der Waals surface area contributed by atoms with E-state index in [1.165, 1.54) is 0 Å². The first-order valence-corrected chi connectivity index (χ1v) is 7.90. The van der Waals surface area contributed by atoms with Gasteiger partial charge < -0.3 is 9.64 Å². The first-order chi connectivity index (χ1) is 11.4. The maximum Gasteiger partial charge on any atom is 0.254 e. The molecule has 4 unspecified atom stereocenters. The van der Waals surface area contributed by atoms with Gasteiger partial charge in [0.05, 0.1) is 13.2 Å². The Balaban J connectivity index is 2.08. The molecule has 24 heavy (non-hydrogen) atoms. The van der Waals surface area contributed by atoms with Crippen LogP contribution in [0.3, 0.4) is 0 Å². The van der Waals surface area contributed by atoms with Crippen LogP contribution in [0.4, 0.5) is 0 Å². The molecule has 1 aliphatic heterocycles. The SMILES string of the molecule is COc1ccccc1CC(C)N(C)C(=O)C1NNC(C)C1[N+](=O)[O-]. The number of likely N-dealkylation sites (N-methyl/N-ethyl adjacent to an activating group) is 1. The molecule has 0 saturated carbocycles. The highest BCUT2D eigenvalue weighted by Gasteiger charge is 2.47. The summed E-state index contributed by atoms with van der Waals surface area (Å²) in [6.45, 7) is 3.60. The van der Waals surface area contributed by atoms with Gasteiger partial charge in [0.15, 0.2) is 6.04 Å². The molecule has 132 valence electrons. The number of para-hydroxylation sites is 1. The number of ether oxygens (including phenoxy) is 1. The van der Waals surface area contributed by atoms with Gasteiger partial charge in [-0.2, -0.15) is 0 Å². The highest BCUT2D eigenvalue weighted by Crippen LogP contribution is 2.21. The Labute approximate surface area is 141 Å². The van der Waals surface area contributed by atoms with Gasteiger partial charge in [-0.1, -0.05) is 18.2 Å². The van der Waals surface area contributed by atoms with E-state index in [0.717, 1.165) is 11.3 Å². The minimum atomic E-state index is -0.988. The van der Waals surface area contributed by atoms with Crippen molar-refractivity contribution in [3.8, 4) is 5.75 Å². The van der Waals surface area contributed by atoms with Crippen molar-refractivity contribution in [2.45, 2.75) is 44.4 Å². The predicted octanol–water partition coefficient (Wildman–Crippen LogP) is 0.595. The molecule has 0 radical (unpaired) electrons. The standard InChI is InChI=1S/C16H24N4O4/c1-10(9-12-7-5-6-8-13(12)24-4)19(3)16(21)14-15(20(22)23)11(2)17-18-14/h5-8,10-11,14-15,17-18H,9H2,1-4H3. The van der Waals surface area contributed by atoms with E-state index in [4.69, 9.17) is 4.74 Å². The third-order valence-electron chi connectivity index (χ3n) is 4.55. The zero-order valence-electron chi connectivity index (χ0n) is 14.4. The molecule has 1 saturated heterocycles. The average molecular weight is 336 g/mol. The highest BCUT2D eigenvalue weighted by molar-refractivity contribution is 5.83. The molecule has 4 atom stereocenters. The zero-order chi connectivity index (χ0) is 17.9. The largest absolute Gasteiger partial charge is 0.496 e. The van der Waals surface area contributed by atoms with Crippen molar-refractivity contribution < 1.29 is 14.5 Å². The number of amides is 1. The van der Waals surface area contributed by atoms with Crippen LogP contribution in [-0.4, -0.2) is 54.1 Å². The molecule has 1 amide bonds. The van der Waals surface area contributed by atoms with Crippen LogP contribution in [0.15, 0.2) is 24.3 Å². The lowest BCUT2D eigenvalue weighted by Gasteiger charge is -2.28. The fraction of sp³-hybridized carbons (Fsp3) is 0.562. The van der Waals surface area contributed by atoms with Gasteiger partial charge >= 0.3 is 0 Å². The number of rotatable bonds is 6. The lowest BCUT2D eigenvalue weighted by molar-refractivity contribution is -0.523. The van der Waals surface area contributed by atoms with E-state index in [-0.39, 0.29) is 11.9 Å². The molecule has 8 heteroatoms. The maximum atomic E-state index is 12.7. The minimum Gasteiger partial charge on any atom is -0.496 e. The summed E-state index contributed by atoms with van der Waals surface area (Å²) in [4.78, 5) is 25.1. The summed E-state index contributed by atoms with van der Waals surface area (Å²) in [5, 5.41) is 11.2. The quantitative estimate of drug-likeness (QED) is 0.583. The molecule has 2 N–H and O–H groups in total. The molecule has 0 aliphatic carbocycles. The number of nitro groups is 1. The molecule has 0 aromatic heterocycles. The number of carbonyl (C=O) groups excluding carboxylic acids is 1. The second-order valence-corrected chi connectivity index (χ2v) is 6.15. The van der Waals surface area contributed by atoms with Gasteiger partial charge in [-0.25, -0.2) is 10.9 Å². The first kappa shape index (κ1) is 18.2. The van der Waals surface area contributed by atoms with Gasteiger partial charge in [0.25, 0.3) is 6.04 Å². The summed E-state index contributed by atoms with van der Waals surface area (Å²) in [5.74, 6) is 0.471. The molecule has 2 rings (SSSR count). The second kappa shape index (κ2) is 7.59. The van der Waals surface area contributed by atoms with E-state index in [2.05, 4.69) is 10.9 Å². The van der Waals surface area contributed by atoms with Crippen molar-refractivity contribution >= 4 is 5.91 Å². The predicted molar refractivity (Wildman–Crippen MR) is 89.2 cm³/mol. The van der Waals surface area contributed by atoms with E-state index >= 15 is 0 Å². The number of hydrogen-bond acceptors (Lipinski definition) is 6. The van der Waals surface area contributed by atoms with Crippen molar-refractivity contribution in [3.05, 3.63) is 39.9 Å². The molecule has 0 bridgehead atoms. The summed E-state index contributed by atoms with van der Waals surface area (Å²) in [5.41, 5.74) is 6.53. The first-order valence-electron chi connectivity index (χ1n) is 7.90. The van der Waals surface area contributed by atoms with Gasteiger partial charge in [0, 0.05) is 18.0 Å². The summed E-state index contributed by atoms with van der Waals surface area (Å²) in [6, 6.07) is 5.23. The van der Waals surface area contributed by atoms with Crippen molar-refractivity contribution in [1.82, 2.24) is 15.8 Å². The van der Waals surface area contributed by atoms with E-state index in [9.17, 15) is 14.9 Å². The van der Waals surface area contributed by atoms with Crippen molar-refractivity contribution in [3.63, 3.8) is 0 Å². The van der Waals surface area contributed by atoms with E-state index < -0.39 is 23.0 Å².